The number of hydrogen-bond donors (Lipinski definition) is 1. The van der Waals surface area contributed by atoms with Crippen LogP contribution in [0.2, 0.25) is 5.02 Å². The molecular formula is C10H10Cl2O4. The monoisotopic (exact) mass is 264 g/mol. The molecule has 0 aromatic heterocycles. The first-order chi connectivity index (χ1) is 7.56. The molecule has 0 unspecified atom stereocenters. The lowest BCUT2D eigenvalue weighted by Gasteiger charge is -2.12. The summed E-state index contributed by atoms with van der Waals surface area (Å²) < 4.78 is 9.89. The molecule has 1 N–H and O–H groups in total. The van der Waals surface area contributed by atoms with E-state index in [1.165, 1.54) is 20.3 Å². The Hall–Kier alpha value is -1.13. The van der Waals surface area contributed by atoms with E-state index in [-0.39, 0.29) is 33.7 Å². The molecule has 0 amide bonds. The third-order valence-corrected chi connectivity index (χ3v) is 2.62. The van der Waals surface area contributed by atoms with E-state index < -0.39 is 5.78 Å². The molecule has 0 saturated carbocycles. The van der Waals surface area contributed by atoms with Crippen LogP contribution in [-0.4, -0.2) is 31.0 Å². The number of benzene rings is 1. The van der Waals surface area contributed by atoms with Gasteiger partial charge in [0, 0.05) is 6.07 Å². The number of alkyl halides is 1. The highest BCUT2D eigenvalue weighted by Gasteiger charge is 2.22. The minimum absolute atomic E-state index is 0.0386. The van der Waals surface area contributed by atoms with Crippen LogP contribution in [-0.2, 0) is 0 Å². The molecule has 0 bridgehead atoms. The molecule has 16 heavy (non-hydrogen) atoms. The largest absolute Gasteiger partial charge is 0.505 e. The quantitative estimate of drug-likeness (QED) is 0.671. The summed E-state index contributed by atoms with van der Waals surface area (Å²) in [6.07, 6.45) is 0. The standard InChI is InChI=1S/C10H10Cl2O4/c1-15-6-3-7(16-2)9(12)10(14)8(6)5(13)4-11/h3,14H,4H2,1-2H3. The van der Waals surface area contributed by atoms with Gasteiger partial charge >= 0.3 is 0 Å². The van der Waals surface area contributed by atoms with Crippen molar-refractivity contribution in [3.8, 4) is 17.2 Å². The van der Waals surface area contributed by atoms with Crippen LogP contribution >= 0.6 is 23.2 Å². The van der Waals surface area contributed by atoms with Crippen LogP contribution in [0.5, 0.6) is 17.2 Å². The number of hydrogen-bond acceptors (Lipinski definition) is 4. The van der Waals surface area contributed by atoms with Gasteiger partial charge < -0.3 is 14.6 Å². The Kier molecular flexibility index (Phi) is 4.26. The number of phenols is 1. The summed E-state index contributed by atoms with van der Waals surface area (Å²) in [5, 5.41) is 9.71. The Balaban J connectivity index is 3.47. The molecule has 0 heterocycles. The van der Waals surface area contributed by atoms with Crippen molar-refractivity contribution in [2.45, 2.75) is 0 Å². The van der Waals surface area contributed by atoms with Crippen LogP contribution in [0.3, 0.4) is 0 Å². The summed E-state index contributed by atoms with van der Waals surface area (Å²) in [4.78, 5) is 11.5. The van der Waals surface area contributed by atoms with Crippen LogP contribution in [0.4, 0.5) is 0 Å². The predicted octanol–water partition coefficient (Wildman–Crippen LogP) is 2.48. The lowest BCUT2D eigenvalue weighted by atomic mass is 10.1. The molecule has 4 nitrogen and oxygen atoms in total. The maximum atomic E-state index is 11.5. The normalized spacial score (nSPS) is 10.0. The highest BCUT2D eigenvalue weighted by molar-refractivity contribution is 6.36. The minimum Gasteiger partial charge on any atom is -0.505 e. The fraction of sp³-hybridized carbons (Fsp3) is 0.300. The average Bonchev–Trinajstić information content (AvgIpc) is 2.31. The number of carbonyl (C=O) groups excluding carboxylic acids is 1. The smallest absolute Gasteiger partial charge is 0.185 e. The predicted molar refractivity (Wildman–Crippen MR) is 61.3 cm³/mol. The van der Waals surface area contributed by atoms with Gasteiger partial charge in [0.2, 0.25) is 0 Å². The van der Waals surface area contributed by atoms with Crippen molar-refractivity contribution in [3.63, 3.8) is 0 Å². The Bertz CT molecular complexity index is 418. The summed E-state index contributed by atoms with van der Waals surface area (Å²) in [7, 11) is 2.76. The Morgan fingerprint density at radius 2 is 1.94 bits per heavy atom. The van der Waals surface area contributed by atoms with Gasteiger partial charge in [0.1, 0.15) is 22.1 Å². The molecule has 0 atom stereocenters. The van der Waals surface area contributed by atoms with Crippen molar-refractivity contribution in [1.82, 2.24) is 0 Å². The third-order valence-electron chi connectivity index (χ3n) is 2.01. The maximum Gasteiger partial charge on any atom is 0.185 e. The van der Waals surface area contributed by atoms with Gasteiger partial charge in [-0.15, -0.1) is 11.6 Å². The first kappa shape index (κ1) is 12.9. The fourth-order valence-corrected chi connectivity index (χ4v) is 1.60. The summed E-state index contributed by atoms with van der Waals surface area (Å²) in [6.45, 7) is 0. The number of ketones is 1. The molecule has 0 aliphatic rings. The van der Waals surface area contributed by atoms with Crippen LogP contribution in [0.25, 0.3) is 0 Å². The van der Waals surface area contributed by atoms with Gasteiger partial charge in [0.15, 0.2) is 11.5 Å². The van der Waals surface area contributed by atoms with Gasteiger partial charge in [-0.25, -0.2) is 0 Å². The molecule has 0 saturated heterocycles. The highest BCUT2D eigenvalue weighted by Crippen LogP contribution is 2.42. The van der Waals surface area contributed by atoms with Crippen molar-refractivity contribution in [2.24, 2.45) is 0 Å². The Morgan fingerprint density at radius 1 is 1.38 bits per heavy atom. The SMILES string of the molecule is COc1cc(OC)c(C(=O)CCl)c(O)c1Cl. The van der Waals surface area contributed by atoms with Gasteiger partial charge in [-0.3, -0.25) is 4.79 Å². The van der Waals surface area contributed by atoms with Crippen molar-refractivity contribution in [3.05, 3.63) is 16.7 Å². The average molecular weight is 265 g/mol. The minimum atomic E-state index is -0.472. The molecule has 1 aromatic carbocycles. The van der Waals surface area contributed by atoms with Crippen molar-refractivity contribution < 1.29 is 19.4 Å². The van der Waals surface area contributed by atoms with E-state index >= 15 is 0 Å². The lowest BCUT2D eigenvalue weighted by molar-refractivity contribution is 0.101. The van der Waals surface area contributed by atoms with E-state index in [9.17, 15) is 9.90 Å². The number of aromatic hydroxyl groups is 1. The fourth-order valence-electron chi connectivity index (χ4n) is 1.24. The molecule has 0 spiro atoms. The van der Waals surface area contributed by atoms with Crippen molar-refractivity contribution in [1.29, 1.82) is 0 Å². The van der Waals surface area contributed by atoms with Gasteiger partial charge in [0.05, 0.1) is 20.1 Å². The molecule has 1 aromatic rings. The van der Waals surface area contributed by atoms with E-state index in [0.717, 1.165) is 0 Å². The molecule has 6 heteroatoms. The number of phenolic OH excluding ortho intramolecular Hbond substituents is 1. The summed E-state index contributed by atoms with van der Waals surface area (Å²) >= 11 is 11.2. The molecule has 88 valence electrons. The van der Waals surface area contributed by atoms with Crippen molar-refractivity contribution in [2.75, 3.05) is 20.1 Å². The van der Waals surface area contributed by atoms with Gasteiger partial charge in [0.25, 0.3) is 0 Å². The number of methoxy groups -OCH3 is 2. The number of rotatable bonds is 4. The van der Waals surface area contributed by atoms with E-state index in [1.807, 2.05) is 0 Å². The number of halogens is 2. The first-order valence-electron chi connectivity index (χ1n) is 4.29. The Morgan fingerprint density at radius 3 is 2.38 bits per heavy atom. The number of carbonyl (C=O) groups is 1. The highest BCUT2D eigenvalue weighted by atomic mass is 35.5. The van der Waals surface area contributed by atoms with E-state index in [1.54, 1.807) is 0 Å². The van der Waals surface area contributed by atoms with Crippen LogP contribution in [0, 0.1) is 0 Å². The number of ether oxygens (including phenoxy) is 2. The van der Waals surface area contributed by atoms with Gasteiger partial charge in [-0.2, -0.15) is 0 Å². The van der Waals surface area contributed by atoms with E-state index in [4.69, 9.17) is 32.7 Å². The number of Topliss-reactive ketones (excluding diaryl/α,β-unsaturated/α-hetero) is 1. The Labute approximate surface area is 103 Å². The zero-order chi connectivity index (χ0) is 12.3. The molecule has 0 radical (unpaired) electrons. The topological polar surface area (TPSA) is 55.8 Å². The zero-order valence-corrected chi connectivity index (χ0v) is 10.2. The van der Waals surface area contributed by atoms with E-state index in [2.05, 4.69) is 0 Å². The maximum absolute atomic E-state index is 11.5. The summed E-state index contributed by atoms with van der Waals surface area (Å²) in [5.41, 5.74) is -0.0386. The third kappa shape index (κ3) is 2.18. The molecular weight excluding hydrogens is 255 g/mol. The molecule has 0 fully saturated rings. The summed E-state index contributed by atoms with van der Waals surface area (Å²) in [6, 6.07) is 1.42. The van der Waals surface area contributed by atoms with Crippen LogP contribution in [0.1, 0.15) is 10.4 Å². The van der Waals surface area contributed by atoms with Crippen LogP contribution in [0.15, 0.2) is 6.07 Å². The second-order valence-corrected chi connectivity index (χ2v) is 3.52. The van der Waals surface area contributed by atoms with Gasteiger partial charge in [-0.05, 0) is 0 Å². The zero-order valence-electron chi connectivity index (χ0n) is 8.71. The second-order valence-electron chi connectivity index (χ2n) is 2.88. The molecule has 1 rings (SSSR count). The first-order valence-corrected chi connectivity index (χ1v) is 5.20. The molecule has 0 aliphatic heterocycles. The van der Waals surface area contributed by atoms with E-state index in [0.29, 0.717) is 0 Å². The van der Waals surface area contributed by atoms with Gasteiger partial charge in [-0.1, -0.05) is 11.6 Å². The summed E-state index contributed by atoms with van der Waals surface area (Å²) in [5.74, 6) is -0.734. The molecule has 0 aliphatic carbocycles. The van der Waals surface area contributed by atoms with Crippen LogP contribution < -0.4 is 9.47 Å². The lowest BCUT2D eigenvalue weighted by Crippen LogP contribution is -2.05. The van der Waals surface area contributed by atoms with Crippen molar-refractivity contribution >= 4 is 29.0 Å². The second kappa shape index (κ2) is 5.27.